The third kappa shape index (κ3) is 3.53. The summed E-state index contributed by atoms with van der Waals surface area (Å²) in [6, 6.07) is 4.02. The number of esters is 1. The van der Waals surface area contributed by atoms with E-state index in [4.69, 9.17) is 4.74 Å². The molecule has 1 fully saturated rings. The topological polar surface area (TPSA) is 42.4 Å². The number of nitrogens with zero attached hydrogens (tertiary/aromatic N) is 2. The van der Waals surface area contributed by atoms with Crippen LogP contribution in [0.3, 0.4) is 0 Å². The molecule has 0 amide bonds. The number of piperidine rings is 1. The number of likely N-dealkylation sites (tertiary alicyclic amines) is 1. The lowest BCUT2D eigenvalue weighted by molar-refractivity contribution is -0.150. The maximum atomic E-state index is 11.7. The number of rotatable bonds is 4. The van der Waals surface area contributed by atoms with E-state index in [1.54, 1.807) is 6.20 Å². The predicted octanol–water partition coefficient (Wildman–Crippen LogP) is 1.86. The van der Waals surface area contributed by atoms with Gasteiger partial charge in [0.25, 0.3) is 0 Å². The predicted molar refractivity (Wildman–Crippen MR) is 68.9 cm³/mol. The van der Waals surface area contributed by atoms with Crippen LogP contribution in [-0.2, 0) is 16.1 Å². The molecule has 0 unspecified atom stereocenters. The molecule has 1 aromatic heterocycles. The summed E-state index contributed by atoms with van der Waals surface area (Å²) in [4.78, 5) is 18.2. The Morgan fingerprint density at radius 2 is 2.50 bits per heavy atom. The second-order valence-corrected chi connectivity index (χ2v) is 4.69. The third-order valence-electron chi connectivity index (χ3n) is 3.25. The molecule has 1 aliphatic heterocycles. The highest BCUT2D eigenvalue weighted by Crippen LogP contribution is 2.19. The number of ether oxygens (including phenoxy) is 1. The van der Waals surface area contributed by atoms with Crippen molar-refractivity contribution in [2.24, 2.45) is 5.92 Å². The van der Waals surface area contributed by atoms with Crippen LogP contribution in [0, 0.1) is 5.92 Å². The molecule has 0 spiro atoms. The first kappa shape index (κ1) is 13.0. The molecule has 1 atom stereocenters. The largest absolute Gasteiger partial charge is 0.466 e. The van der Waals surface area contributed by atoms with Crippen molar-refractivity contribution >= 4 is 5.97 Å². The van der Waals surface area contributed by atoms with E-state index in [1.165, 1.54) is 5.56 Å². The van der Waals surface area contributed by atoms with Gasteiger partial charge in [-0.2, -0.15) is 0 Å². The standard InChI is InChI=1S/C14H20N2O2/c1-2-18-14(17)13-6-4-8-16(11-13)10-12-5-3-7-15-9-12/h3,5,7,9,13H,2,4,6,8,10-11H2,1H3/t13-/m0/s1. The Morgan fingerprint density at radius 3 is 3.22 bits per heavy atom. The molecule has 4 heteroatoms. The average Bonchev–Trinajstić information content (AvgIpc) is 2.40. The fourth-order valence-electron chi connectivity index (χ4n) is 2.40. The molecule has 2 heterocycles. The molecule has 4 nitrogen and oxygen atoms in total. The van der Waals surface area contributed by atoms with Gasteiger partial charge in [0, 0.05) is 25.5 Å². The monoisotopic (exact) mass is 248 g/mol. The van der Waals surface area contributed by atoms with Crippen LogP contribution in [0.5, 0.6) is 0 Å². The zero-order valence-corrected chi connectivity index (χ0v) is 10.8. The molecule has 0 aliphatic carbocycles. The first-order valence-electron chi connectivity index (χ1n) is 6.57. The summed E-state index contributed by atoms with van der Waals surface area (Å²) >= 11 is 0. The molecule has 1 aromatic rings. The van der Waals surface area contributed by atoms with Gasteiger partial charge in [0.1, 0.15) is 0 Å². The van der Waals surface area contributed by atoms with E-state index in [0.717, 1.165) is 32.5 Å². The average molecular weight is 248 g/mol. The van der Waals surface area contributed by atoms with Gasteiger partial charge in [-0.1, -0.05) is 6.07 Å². The molecule has 1 saturated heterocycles. The molecule has 0 radical (unpaired) electrons. The Balaban J connectivity index is 1.89. The Labute approximate surface area is 108 Å². The summed E-state index contributed by atoms with van der Waals surface area (Å²) in [6.45, 7) is 5.04. The minimum absolute atomic E-state index is 0.0374. The second-order valence-electron chi connectivity index (χ2n) is 4.69. The van der Waals surface area contributed by atoms with Gasteiger partial charge in [0.05, 0.1) is 12.5 Å². The lowest BCUT2D eigenvalue weighted by Crippen LogP contribution is -2.38. The van der Waals surface area contributed by atoms with Gasteiger partial charge >= 0.3 is 5.97 Å². The van der Waals surface area contributed by atoms with Crippen LogP contribution in [0.4, 0.5) is 0 Å². The molecule has 2 rings (SSSR count). The van der Waals surface area contributed by atoms with Gasteiger partial charge in [-0.25, -0.2) is 0 Å². The van der Waals surface area contributed by atoms with Crippen molar-refractivity contribution in [2.75, 3.05) is 19.7 Å². The Hall–Kier alpha value is -1.42. The van der Waals surface area contributed by atoms with E-state index < -0.39 is 0 Å². The Bertz CT molecular complexity index is 381. The van der Waals surface area contributed by atoms with Crippen LogP contribution in [0.15, 0.2) is 24.5 Å². The molecular weight excluding hydrogens is 228 g/mol. The van der Waals surface area contributed by atoms with Crippen molar-refractivity contribution in [3.8, 4) is 0 Å². The fourth-order valence-corrected chi connectivity index (χ4v) is 2.40. The maximum absolute atomic E-state index is 11.7. The lowest BCUT2D eigenvalue weighted by atomic mass is 9.98. The van der Waals surface area contributed by atoms with Gasteiger partial charge in [0.15, 0.2) is 0 Å². The zero-order valence-electron chi connectivity index (χ0n) is 10.8. The molecule has 0 N–H and O–H groups in total. The van der Waals surface area contributed by atoms with E-state index in [2.05, 4.69) is 16.0 Å². The summed E-state index contributed by atoms with van der Waals surface area (Å²) in [5, 5.41) is 0. The SMILES string of the molecule is CCOC(=O)[C@H]1CCCN(Cc2cccnc2)C1. The molecule has 0 aromatic carbocycles. The van der Waals surface area contributed by atoms with Crippen LogP contribution in [0.1, 0.15) is 25.3 Å². The number of pyridine rings is 1. The third-order valence-corrected chi connectivity index (χ3v) is 3.25. The molecular formula is C14H20N2O2. The van der Waals surface area contributed by atoms with Gasteiger partial charge in [-0.15, -0.1) is 0 Å². The van der Waals surface area contributed by atoms with Crippen molar-refractivity contribution in [1.82, 2.24) is 9.88 Å². The second kappa shape index (κ2) is 6.50. The Kier molecular flexibility index (Phi) is 4.70. The summed E-state index contributed by atoms with van der Waals surface area (Å²) in [5.74, 6) is -0.0104. The highest BCUT2D eigenvalue weighted by atomic mass is 16.5. The fraction of sp³-hybridized carbons (Fsp3) is 0.571. The maximum Gasteiger partial charge on any atom is 0.310 e. The summed E-state index contributed by atoms with van der Waals surface area (Å²) in [5.41, 5.74) is 1.20. The lowest BCUT2D eigenvalue weighted by Gasteiger charge is -2.31. The van der Waals surface area contributed by atoms with Crippen LogP contribution in [0.2, 0.25) is 0 Å². The summed E-state index contributed by atoms with van der Waals surface area (Å²) in [6.07, 6.45) is 5.67. The number of aromatic nitrogens is 1. The number of carbonyl (C=O) groups excluding carboxylic acids is 1. The van der Waals surface area contributed by atoms with E-state index >= 15 is 0 Å². The van der Waals surface area contributed by atoms with Crippen LogP contribution >= 0.6 is 0 Å². The Morgan fingerprint density at radius 1 is 1.61 bits per heavy atom. The van der Waals surface area contributed by atoms with Crippen molar-refractivity contribution in [3.05, 3.63) is 30.1 Å². The van der Waals surface area contributed by atoms with Gasteiger partial charge in [-0.05, 0) is 37.9 Å². The van der Waals surface area contributed by atoms with Crippen LogP contribution in [0.25, 0.3) is 0 Å². The highest BCUT2D eigenvalue weighted by molar-refractivity contribution is 5.72. The van der Waals surface area contributed by atoms with E-state index in [1.807, 2.05) is 19.2 Å². The molecule has 0 saturated carbocycles. The number of carbonyl (C=O) groups is 1. The van der Waals surface area contributed by atoms with E-state index in [0.29, 0.717) is 6.61 Å². The van der Waals surface area contributed by atoms with E-state index in [-0.39, 0.29) is 11.9 Å². The van der Waals surface area contributed by atoms with Crippen molar-refractivity contribution in [3.63, 3.8) is 0 Å². The zero-order chi connectivity index (χ0) is 12.8. The van der Waals surface area contributed by atoms with Crippen molar-refractivity contribution < 1.29 is 9.53 Å². The van der Waals surface area contributed by atoms with Crippen LogP contribution in [-0.4, -0.2) is 35.5 Å². The van der Waals surface area contributed by atoms with Gasteiger partial charge in [-0.3, -0.25) is 14.7 Å². The summed E-state index contributed by atoms with van der Waals surface area (Å²) in [7, 11) is 0. The van der Waals surface area contributed by atoms with Crippen LogP contribution < -0.4 is 0 Å². The molecule has 0 bridgehead atoms. The van der Waals surface area contributed by atoms with Crippen molar-refractivity contribution in [1.29, 1.82) is 0 Å². The van der Waals surface area contributed by atoms with E-state index in [9.17, 15) is 4.79 Å². The highest BCUT2D eigenvalue weighted by Gasteiger charge is 2.26. The summed E-state index contributed by atoms with van der Waals surface area (Å²) < 4.78 is 5.10. The molecule has 18 heavy (non-hydrogen) atoms. The first-order valence-corrected chi connectivity index (χ1v) is 6.57. The number of hydrogen-bond donors (Lipinski definition) is 0. The quantitative estimate of drug-likeness (QED) is 0.763. The first-order chi connectivity index (χ1) is 8.79. The van der Waals surface area contributed by atoms with Gasteiger partial charge < -0.3 is 4.74 Å². The van der Waals surface area contributed by atoms with Gasteiger partial charge in [0.2, 0.25) is 0 Å². The minimum atomic E-state index is -0.0478. The molecule has 98 valence electrons. The van der Waals surface area contributed by atoms with Crippen molar-refractivity contribution in [2.45, 2.75) is 26.3 Å². The minimum Gasteiger partial charge on any atom is -0.466 e. The molecule has 1 aliphatic rings. The normalized spacial score (nSPS) is 20.6. The smallest absolute Gasteiger partial charge is 0.310 e. The number of hydrogen-bond acceptors (Lipinski definition) is 4.